The minimum atomic E-state index is -2.13. The average Bonchev–Trinajstić information content (AvgIpc) is 2.73. The molecule has 0 bridgehead atoms. The van der Waals surface area contributed by atoms with Crippen LogP contribution in [0.25, 0.3) is 0 Å². The number of hydrogen-bond acceptors (Lipinski definition) is 8. The number of ether oxygens (including phenoxy) is 3. The van der Waals surface area contributed by atoms with E-state index in [2.05, 4.69) is 15.3 Å². The number of amides is 1. The number of carbonyl (C=O) groups is 3. The van der Waals surface area contributed by atoms with E-state index in [4.69, 9.17) is 14.2 Å². The Hall–Kier alpha value is -3.49. The minimum absolute atomic E-state index is 0.00597. The zero-order valence-electron chi connectivity index (χ0n) is 16.3. The van der Waals surface area contributed by atoms with Gasteiger partial charge >= 0.3 is 18.0 Å². The molecule has 29 heavy (non-hydrogen) atoms. The highest BCUT2D eigenvalue weighted by Gasteiger charge is 2.51. The van der Waals surface area contributed by atoms with Gasteiger partial charge in [0.1, 0.15) is 12.9 Å². The molecule has 0 aliphatic heterocycles. The van der Waals surface area contributed by atoms with Gasteiger partial charge in [-0.05, 0) is 25.0 Å². The van der Waals surface area contributed by atoms with Crippen molar-refractivity contribution in [3.8, 4) is 0 Å². The van der Waals surface area contributed by atoms with E-state index in [1.807, 2.05) is 6.07 Å². The summed E-state index contributed by atoms with van der Waals surface area (Å²) in [5.41, 5.74) is -0.959. The summed E-state index contributed by atoms with van der Waals surface area (Å²) in [5.74, 6) is -1.92. The smallest absolute Gasteiger partial charge is 0.408 e. The molecule has 2 rings (SSSR count). The van der Waals surface area contributed by atoms with Crippen molar-refractivity contribution in [2.45, 2.75) is 32.4 Å². The SMILES string of the molecule is CCOC(=O)C(Cc1cncnc1)(NC(=O)OCc1ccccc1)C(=O)OCC. The molecule has 1 heterocycles. The Morgan fingerprint density at radius 3 is 2.03 bits per heavy atom. The second kappa shape index (κ2) is 10.7. The summed E-state index contributed by atoms with van der Waals surface area (Å²) in [6, 6.07) is 8.98. The molecule has 1 aromatic carbocycles. The minimum Gasteiger partial charge on any atom is -0.464 e. The Labute approximate surface area is 168 Å². The lowest BCUT2D eigenvalue weighted by Crippen LogP contribution is -2.63. The van der Waals surface area contributed by atoms with Crippen LogP contribution in [0.1, 0.15) is 25.0 Å². The van der Waals surface area contributed by atoms with Crippen molar-refractivity contribution in [2.75, 3.05) is 13.2 Å². The topological polar surface area (TPSA) is 117 Å². The number of alkyl carbamates (subject to hydrolysis) is 1. The number of rotatable bonds is 9. The van der Waals surface area contributed by atoms with Crippen LogP contribution in [0.2, 0.25) is 0 Å². The van der Waals surface area contributed by atoms with Crippen molar-refractivity contribution in [1.82, 2.24) is 15.3 Å². The fourth-order valence-electron chi connectivity index (χ4n) is 2.54. The third-order valence-corrected chi connectivity index (χ3v) is 3.86. The van der Waals surface area contributed by atoms with Gasteiger partial charge in [-0.15, -0.1) is 0 Å². The predicted octanol–water partition coefficient (Wildman–Crippen LogP) is 1.81. The summed E-state index contributed by atoms with van der Waals surface area (Å²) < 4.78 is 15.3. The standard InChI is InChI=1S/C20H23N3O6/c1-3-27-17(24)20(18(25)28-4-2,10-16-11-21-14-22-12-16)23-19(26)29-13-15-8-6-5-7-9-15/h5-9,11-12,14H,3-4,10,13H2,1-2H3,(H,23,26). The predicted molar refractivity (Wildman–Crippen MR) is 101 cm³/mol. The molecule has 0 aliphatic carbocycles. The van der Waals surface area contributed by atoms with Gasteiger partial charge in [-0.3, -0.25) is 5.32 Å². The molecule has 154 valence electrons. The fraction of sp³-hybridized carbons (Fsp3) is 0.350. The highest BCUT2D eigenvalue weighted by molar-refractivity contribution is 6.07. The van der Waals surface area contributed by atoms with Gasteiger partial charge in [-0.25, -0.2) is 24.4 Å². The number of esters is 2. The average molecular weight is 401 g/mol. The van der Waals surface area contributed by atoms with Crippen LogP contribution < -0.4 is 5.32 Å². The number of nitrogens with one attached hydrogen (secondary N) is 1. The van der Waals surface area contributed by atoms with Crippen molar-refractivity contribution in [3.05, 3.63) is 60.2 Å². The summed E-state index contributed by atoms with van der Waals surface area (Å²) in [6.07, 6.45) is 2.94. The first-order valence-electron chi connectivity index (χ1n) is 9.09. The van der Waals surface area contributed by atoms with Gasteiger partial charge in [0.05, 0.1) is 13.2 Å². The second-order valence-electron chi connectivity index (χ2n) is 5.96. The van der Waals surface area contributed by atoms with E-state index < -0.39 is 23.6 Å². The summed E-state index contributed by atoms with van der Waals surface area (Å²) in [6.45, 7) is 3.15. The molecule has 0 aliphatic rings. The maximum atomic E-state index is 12.8. The van der Waals surface area contributed by atoms with Gasteiger partial charge in [0.25, 0.3) is 0 Å². The molecule has 9 nitrogen and oxygen atoms in total. The maximum absolute atomic E-state index is 12.8. The molecular formula is C20H23N3O6. The molecule has 0 unspecified atom stereocenters. The third-order valence-electron chi connectivity index (χ3n) is 3.86. The zero-order chi connectivity index (χ0) is 21.1. The molecule has 0 fully saturated rings. The van der Waals surface area contributed by atoms with Crippen LogP contribution in [-0.2, 0) is 36.8 Å². The van der Waals surface area contributed by atoms with Gasteiger partial charge in [-0.1, -0.05) is 30.3 Å². The normalized spacial score (nSPS) is 10.7. The van der Waals surface area contributed by atoms with E-state index in [1.165, 1.54) is 18.7 Å². The summed E-state index contributed by atoms with van der Waals surface area (Å²) >= 11 is 0. The van der Waals surface area contributed by atoms with Gasteiger partial charge in [0, 0.05) is 18.8 Å². The van der Waals surface area contributed by atoms with Crippen LogP contribution in [0.3, 0.4) is 0 Å². The van der Waals surface area contributed by atoms with Gasteiger partial charge in [0.2, 0.25) is 5.54 Å². The third kappa shape index (κ3) is 6.00. The van der Waals surface area contributed by atoms with Crippen LogP contribution >= 0.6 is 0 Å². The highest BCUT2D eigenvalue weighted by atomic mass is 16.6. The summed E-state index contributed by atoms with van der Waals surface area (Å²) in [7, 11) is 0. The van der Waals surface area contributed by atoms with E-state index in [-0.39, 0.29) is 26.2 Å². The quantitative estimate of drug-likeness (QED) is 0.384. The first kappa shape index (κ1) is 21.8. The van der Waals surface area contributed by atoms with Crippen LogP contribution in [0, 0.1) is 0 Å². The first-order valence-corrected chi connectivity index (χ1v) is 9.09. The van der Waals surface area contributed by atoms with Crippen molar-refractivity contribution < 1.29 is 28.6 Å². The summed E-state index contributed by atoms with van der Waals surface area (Å²) in [5, 5.41) is 2.35. The van der Waals surface area contributed by atoms with Crippen molar-refractivity contribution in [2.24, 2.45) is 0 Å². The highest BCUT2D eigenvalue weighted by Crippen LogP contribution is 2.18. The monoisotopic (exact) mass is 401 g/mol. The maximum Gasteiger partial charge on any atom is 0.408 e. The van der Waals surface area contributed by atoms with E-state index in [1.54, 1.807) is 38.1 Å². The molecule has 0 saturated heterocycles. The molecule has 1 N–H and O–H groups in total. The number of carbonyl (C=O) groups excluding carboxylic acids is 3. The van der Waals surface area contributed by atoms with Crippen LogP contribution in [0.5, 0.6) is 0 Å². The number of hydrogen-bond donors (Lipinski definition) is 1. The molecular weight excluding hydrogens is 378 g/mol. The van der Waals surface area contributed by atoms with E-state index in [9.17, 15) is 14.4 Å². The number of nitrogens with zero attached hydrogens (tertiary/aromatic N) is 2. The molecule has 2 aromatic rings. The lowest BCUT2D eigenvalue weighted by molar-refractivity contribution is -0.166. The van der Waals surface area contributed by atoms with Gasteiger partial charge in [-0.2, -0.15) is 0 Å². The Morgan fingerprint density at radius 1 is 0.897 bits per heavy atom. The Balaban J connectivity index is 2.28. The molecule has 0 radical (unpaired) electrons. The van der Waals surface area contributed by atoms with E-state index in [0.717, 1.165) is 5.56 Å². The van der Waals surface area contributed by atoms with Crippen molar-refractivity contribution >= 4 is 18.0 Å². The zero-order valence-corrected chi connectivity index (χ0v) is 16.3. The molecule has 1 aromatic heterocycles. The molecule has 1 amide bonds. The number of aromatic nitrogens is 2. The van der Waals surface area contributed by atoms with Crippen molar-refractivity contribution in [1.29, 1.82) is 0 Å². The van der Waals surface area contributed by atoms with Crippen LogP contribution in [0.4, 0.5) is 4.79 Å². The Bertz CT molecular complexity index is 795. The lowest BCUT2D eigenvalue weighted by atomic mass is 9.92. The van der Waals surface area contributed by atoms with Crippen LogP contribution in [0.15, 0.2) is 49.1 Å². The first-order chi connectivity index (χ1) is 14.0. The largest absolute Gasteiger partial charge is 0.464 e. The molecule has 0 atom stereocenters. The number of benzene rings is 1. The summed E-state index contributed by atoms with van der Waals surface area (Å²) in [4.78, 5) is 45.7. The molecule has 0 spiro atoms. The fourth-order valence-corrected chi connectivity index (χ4v) is 2.54. The van der Waals surface area contributed by atoms with E-state index >= 15 is 0 Å². The van der Waals surface area contributed by atoms with Gasteiger partial charge < -0.3 is 14.2 Å². The Morgan fingerprint density at radius 2 is 1.48 bits per heavy atom. The van der Waals surface area contributed by atoms with Crippen molar-refractivity contribution in [3.63, 3.8) is 0 Å². The van der Waals surface area contributed by atoms with Crippen LogP contribution in [-0.4, -0.2) is 46.8 Å². The molecule has 0 saturated carbocycles. The Kier molecular flexibility index (Phi) is 8.08. The second-order valence-corrected chi connectivity index (χ2v) is 5.96. The van der Waals surface area contributed by atoms with E-state index in [0.29, 0.717) is 5.56 Å². The lowest BCUT2D eigenvalue weighted by Gasteiger charge is -2.29. The van der Waals surface area contributed by atoms with Gasteiger partial charge in [0.15, 0.2) is 0 Å². The molecule has 9 heteroatoms.